The minimum absolute atomic E-state index is 0.135. The third kappa shape index (κ3) is 5.79. The second kappa shape index (κ2) is 10.0. The minimum Gasteiger partial charge on any atom is -0.480 e. The van der Waals surface area contributed by atoms with E-state index < -0.39 is 29.9 Å². The summed E-state index contributed by atoms with van der Waals surface area (Å²) in [5.41, 5.74) is 2.88. The van der Waals surface area contributed by atoms with Gasteiger partial charge < -0.3 is 20.3 Å². The molecule has 3 rings (SSSR count). The Balaban J connectivity index is 1.62. The maximum absolute atomic E-state index is 12.4. The number of esters is 1. The van der Waals surface area contributed by atoms with Crippen LogP contribution in [0.1, 0.15) is 15.9 Å². The smallest absolute Gasteiger partial charge is 0.394 e. The number of carbonyl (C=O) groups is 4. The lowest BCUT2D eigenvalue weighted by Crippen LogP contribution is -2.45. The average Bonchev–Trinajstić information content (AvgIpc) is 2.80. The number of benzene rings is 3. The number of hydrogen-bond donors (Lipinski definition) is 3. The van der Waals surface area contributed by atoms with Crippen molar-refractivity contribution < 1.29 is 34.1 Å². The van der Waals surface area contributed by atoms with Crippen LogP contribution < -0.4 is 10.1 Å². The third-order valence-corrected chi connectivity index (χ3v) is 4.60. The Kier molecular flexibility index (Phi) is 6.97. The molecule has 162 valence electrons. The molecule has 0 spiro atoms. The molecular formula is C24H19NO7. The third-order valence-electron chi connectivity index (χ3n) is 4.60. The molecule has 0 aliphatic rings. The fourth-order valence-electron chi connectivity index (χ4n) is 2.94. The van der Waals surface area contributed by atoms with Crippen molar-refractivity contribution in [3.05, 3.63) is 90.0 Å². The molecule has 0 saturated carbocycles. The number of nitrogens with one attached hydrogen (secondary N) is 1. The molecule has 0 aliphatic carbocycles. The maximum Gasteiger partial charge on any atom is 0.394 e. The lowest BCUT2D eigenvalue weighted by atomic mass is 10.0. The van der Waals surface area contributed by atoms with E-state index in [4.69, 9.17) is 9.84 Å². The molecule has 8 nitrogen and oxygen atoms in total. The van der Waals surface area contributed by atoms with E-state index >= 15 is 0 Å². The van der Waals surface area contributed by atoms with E-state index in [1.807, 2.05) is 47.8 Å². The summed E-state index contributed by atoms with van der Waals surface area (Å²) in [4.78, 5) is 45.5. The fourth-order valence-corrected chi connectivity index (χ4v) is 2.94. The van der Waals surface area contributed by atoms with Gasteiger partial charge in [0.05, 0.1) is 5.56 Å². The number of ether oxygens (including phenoxy) is 1. The molecule has 1 amide bonds. The Labute approximate surface area is 183 Å². The second-order valence-corrected chi connectivity index (χ2v) is 6.85. The lowest BCUT2D eigenvalue weighted by Gasteiger charge is -2.13. The molecule has 3 N–H and O–H groups in total. The molecule has 32 heavy (non-hydrogen) atoms. The molecule has 3 aromatic carbocycles. The van der Waals surface area contributed by atoms with Gasteiger partial charge in [-0.3, -0.25) is 4.79 Å². The van der Waals surface area contributed by atoms with Gasteiger partial charge in [-0.15, -0.1) is 0 Å². The zero-order valence-electron chi connectivity index (χ0n) is 16.7. The molecular weight excluding hydrogens is 414 g/mol. The van der Waals surface area contributed by atoms with Crippen LogP contribution in [0.3, 0.4) is 0 Å². The highest BCUT2D eigenvalue weighted by Crippen LogP contribution is 2.20. The second-order valence-electron chi connectivity index (χ2n) is 6.85. The number of carbonyl (C=O) groups excluding carboxylic acids is 2. The van der Waals surface area contributed by atoms with Crippen LogP contribution in [-0.4, -0.2) is 40.1 Å². The van der Waals surface area contributed by atoms with E-state index in [-0.39, 0.29) is 12.2 Å². The molecule has 8 heteroatoms. The molecule has 0 fully saturated rings. The molecule has 0 saturated heterocycles. The molecule has 1 atom stereocenters. The summed E-state index contributed by atoms with van der Waals surface area (Å²) >= 11 is 0. The van der Waals surface area contributed by atoms with Crippen LogP contribution in [0, 0.1) is 0 Å². The highest BCUT2D eigenvalue weighted by atomic mass is 16.5. The number of amides is 1. The van der Waals surface area contributed by atoms with E-state index in [1.165, 1.54) is 24.3 Å². The largest absolute Gasteiger partial charge is 0.480 e. The Morgan fingerprint density at radius 3 is 1.94 bits per heavy atom. The quantitative estimate of drug-likeness (QED) is 0.297. The van der Waals surface area contributed by atoms with Crippen LogP contribution in [-0.2, 0) is 20.8 Å². The van der Waals surface area contributed by atoms with Crippen molar-refractivity contribution in [2.75, 3.05) is 0 Å². The van der Waals surface area contributed by atoms with E-state index in [1.54, 1.807) is 12.1 Å². The van der Waals surface area contributed by atoms with E-state index in [0.29, 0.717) is 11.1 Å². The van der Waals surface area contributed by atoms with Gasteiger partial charge in [0.15, 0.2) is 0 Å². The lowest BCUT2D eigenvalue weighted by molar-refractivity contribution is -0.152. The monoisotopic (exact) mass is 433 g/mol. The van der Waals surface area contributed by atoms with Gasteiger partial charge in [-0.05, 0) is 41.0 Å². The van der Waals surface area contributed by atoms with Crippen LogP contribution in [0.15, 0.2) is 78.9 Å². The first-order valence-electron chi connectivity index (χ1n) is 9.56. The predicted octanol–water partition coefficient (Wildman–Crippen LogP) is 2.77. The van der Waals surface area contributed by atoms with Crippen LogP contribution in [0.2, 0.25) is 0 Å². The Morgan fingerprint density at radius 2 is 1.38 bits per heavy atom. The van der Waals surface area contributed by atoms with Gasteiger partial charge in [0.1, 0.15) is 11.8 Å². The summed E-state index contributed by atoms with van der Waals surface area (Å²) in [5.74, 6) is -4.83. The number of hydrogen-bond acceptors (Lipinski definition) is 5. The normalized spacial score (nSPS) is 11.2. The van der Waals surface area contributed by atoms with Crippen molar-refractivity contribution in [2.45, 2.75) is 12.5 Å². The zero-order chi connectivity index (χ0) is 23.1. The van der Waals surface area contributed by atoms with Gasteiger partial charge >= 0.3 is 23.8 Å². The van der Waals surface area contributed by atoms with E-state index in [9.17, 15) is 24.3 Å². The van der Waals surface area contributed by atoms with Gasteiger partial charge in [0, 0.05) is 6.42 Å². The Hall–Kier alpha value is -4.46. The minimum atomic E-state index is -1.77. The maximum atomic E-state index is 12.4. The Morgan fingerprint density at radius 1 is 0.781 bits per heavy atom. The number of carboxylic acids is 2. The van der Waals surface area contributed by atoms with Crippen molar-refractivity contribution in [2.24, 2.45) is 0 Å². The topological polar surface area (TPSA) is 130 Å². The first-order chi connectivity index (χ1) is 15.3. The fraction of sp³-hybridized carbons (Fsp3) is 0.0833. The van der Waals surface area contributed by atoms with Crippen molar-refractivity contribution in [3.8, 4) is 16.9 Å². The van der Waals surface area contributed by atoms with Crippen molar-refractivity contribution in [1.29, 1.82) is 0 Å². The number of carboxylic acid groups (broad SMARTS) is 2. The highest BCUT2D eigenvalue weighted by molar-refractivity contribution is 6.31. The van der Waals surface area contributed by atoms with E-state index in [2.05, 4.69) is 0 Å². The summed E-state index contributed by atoms with van der Waals surface area (Å²) < 4.78 is 5.35. The van der Waals surface area contributed by atoms with Crippen LogP contribution in [0.4, 0.5) is 0 Å². The number of aliphatic carboxylic acids is 2. The first-order valence-corrected chi connectivity index (χ1v) is 9.56. The van der Waals surface area contributed by atoms with Gasteiger partial charge in [-0.1, -0.05) is 54.6 Å². The average molecular weight is 433 g/mol. The molecule has 0 aromatic heterocycles. The SMILES string of the molecule is O=C(O)C(=O)N[C@H](Cc1ccc(OC(=O)c2ccc(-c3ccccc3)cc2)cc1)C(=O)O. The van der Waals surface area contributed by atoms with Crippen LogP contribution in [0.25, 0.3) is 11.1 Å². The summed E-state index contributed by atoms with van der Waals surface area (Å²) in [6.07, 6.45) is -0.135. The molecule has 0 aliphatic heterocycles. The summed E-state index contributed by atoms with van der Waals surface area (Å²) in [5, 5.41) is 19.7. The summed E-state index contributed by atoms with van der Waals surface area (Å²) in [6.45, 7) is 0. The Bertz CT molecular complexity index is 1120. The van der Waals surface area contributed by atoms with Gasteiger partial charge in [0.25, 0.3) is 0 Å². The molecule has 0 bridgehead atoms. The number of rotatable bonds is 7. The van der Waals surface area contributed by atoms with E-state index in [0.717, 1.165) is 11.1 Å². The molecule has 0 heterocycles. The molecule has 0 radical (unpaired) electrons. The van der Waals surface area contributed by atoms with Crippen molar-refractivity contribution >= 4 is 23.8 Å². The van der Waals surface area contributed by atoms with Gasteiger partial charge in [-0.2, -0.15) is 0 Å². The van der Waals surface area contributed by atoms with Crippen LogP contribution in [0.5, 0.6) is 5.75 Å². The van der Waals surface area contributed by atoms with Crippen LogP contribution >= 0.6 is 0 Å². The zero-order valence-corrected chi connectivity index (χ0v) is 16.7. The standard InChI is InChI=1S/C24H19NO7/c26-21(23(29)30)25-20(22(27)28)14-15-6-12-19(13-7-15)32-24(31)18-10-8-17(9-11-18)16-4-2-1-3-5-16/h1-13,20H,14H2,(H,25,26)(H,27,28)(H,29,30)/t20-/m1/s1. The van der Waals surface area contributed by atoms with Crippen molar-refractivity contribution in [1.82, 2.24) is 5.32 Å². The van der Waals surface area contributed by atoms with Crippen molar-refractivity contribution in [3.63, 3.8) is 0 Å². The summed E-state index contributed by atoms with van der Waals surface area (Å²) in [7, 11) is 0. The predicted molar refractivity (Wildman–Crippen MR) is 114 cm³/mol. The van der Waals surface area contributed by atoms with Gasteiger partial charge in [0.2, 0.25) is 0 Å². The van der Waals surface area contributed by atoms with Gasteiger partial charge in [-0.25, -0.2) is 14.4 Å². The molecule has 3 aromatic rings. The molecule has 0 unspecified atom stereocenters. The summed E-state index contributed by atoms with van der Waals surface area (Å²) in [6, 6.07) is 21.3. The first kappa shape index (κ1) is 22.2. The highest BCUT2D eigenvalue weighted by Gasteiger charge is 2.23.